The second kappa shape index (κ2) is 14.1. The molecule has 12 heteroatoms. The van der Waals surface area contributed by atoms with Gasteiger partial charge in [0.1, 0.15) is 23.9 Å². The Morgan fingerprint density at radius 3 is 2.11 bits per heavy atom. The van der Waals surface area contributed by atoms with Crippen LogP contribution in [0.1, 0.15) is 45.4 Å². The van der Waals surface area contributed by atoms with Crippen LogP contribution in [0.25, 0.3) is 0 Å². The number of rotatable bonds is 14. The number of carbonyl (C=O) groups excluding carboxylic acids is 3. The summed E-state index contributed by atoms with van der Waals surface area (Å²) in [5, 5.41) is 27.2. The van der Waals surface area contributed by atoms with E-state index in [2.05, 4.69) is 25.9 Å². The Balaban J connectivity index is 2.28. The maximum Gasteiger partial charge on any atom is 0.326 e. The average molecular weight is 531 g/mol. The van der Waals surface area contributed by atoms with Gasteiger partial charge in [-0.15, -0.1) is 0 Å². The number of carboxylic acids is 1. The van der Waals surface area contributed by atoms with Gasteiger partial charge in [0.05, 0.1) is 12.4 Å². The Morgan fingerprint density at radius 1 is 0.947 bits per heavy atom. The summed E-state index contributed by atoms with van der Waals surface area (Å²) in [6.45, 7) is 7.25. The van der Waals surface area contributed by atoms with Crippen LogP contribution in [-0.2, 0) is 32.0 Å². The Morgan fingerprint density at radius 2 is 1.58 bits per heavy atom. The van der Waals surface area contributed by atoms with Crippen LogP contribution in [0.3, 0.4) is 0 Å². The molecule has 5 unspecified atom stereocenters. The molecule has 0 fully saturated rings. The first kappa shape index (κ1) is 30.3. The Hall–Kier alpha value is -3.93. The summed E-state index contributed by atoms with van der Waals surface area (Å²) in [5.74, 6) is -3.44. The summed E-state index contributed by atoms with van der Waals surface area (Å²) in [5.41, 5.74) is 7.09. The minimum absolute atomic E-state index is 0.0148. The fourth-order valence-electron chi connectivity index (χ4n) is 3.68. The Kier molecular flexibility index (Phi) is 11.3. The fraction of sp³-hybridized carbons (Fsp3) is 0.500. The minimum atomic E-state index is -1.28. The van der Waals surface area contributed by atoms with Gasteiger partial charge in [-0.25, -0.2) is 9.78 Å². The lowest BCUT2D eigenvalue weighted by atomic mass is 9.96. The predicted octanol–water partition coefficient (Wildman–Crippen LogP) is 0.469. The van der Waals surface area contributed by atoms with Crippen LogP contribution in [0.5, 0.6) is 5.75 Å². The number of phenols is 1. The van der Waals surface area contributed by atoms with Crippen molar-refractivity contribution in [2.45, 2.75) is 71.1 Å². The van der Waals surface area contributed by atoms with Gasteiger partial charge in [-0.05, 0) is 29.5 Å². The molecular weight excluding hydrogens is 492 g/mol. The number of phenolic OH excluding ortho intramolecular Hbond substituents is 1. The summed E-state index contributed by atoms with van der Waals surface area (Å²) in [6, 6.07) is 1.85. The number of H-pyrrole nitrogens is 1. The number of carboxylic acid groups (broad SMARTS) is 1. The maximum atomic E-state index is 13.4. The third-order valence-corrected chi connectivity index (χ3v) is 6.42. The first-order valence-corrected chi connectivity index (χ1v) is 12.6. The monoisotopic (exact) mass is 530 g/mol. The largest absolute Gasteiger partial charge is 0.508 e. The summed E-state index contributed by atoms with van der Waals surface area (Å²) in [6.07, 6.45) is 3.40. The summed E-state index contributed by atoms with van der Waals surface area (Å²) in [4.78, 5) is 57.9. The molecule has 0 aliphatic rings. The van der Waals surface area contributed by atoms with Crippen molar-refractivity contribution in [2.24, 2.45) is 17.6 Å². The van der Waals surface area contributed by atoms with E-state index in [1.807, 2.05) is 6.92 Å². The van der Waals surface area contributed by atoms with Gasteiger partial charge in [-0.3, -0.25) is 14.4 Å². The topological polar surface area (TPSA) is 200 Å². The Bertz CT molecular complexity index is 1070. The van der Waals surface area contributed by atoms with Crippen LogP contribution >= 0.6 is 0 Å². The second-order valence-electron chi connectivity index (χ2n) is 9.75. The van der Waals surface area contributed by atoms with Crippen molar-refractivity contribution >= 4 is 23.7 Å². The van der Waals surface area contributed by atoms with Gasteiger partial charge in [0, 0.05) is 24.7 Å². The number of nitrogens with one attached hydrogen (secondary N) is 4. The van der Waals surface area contributed by atoms with Crippen LogP contribution in [0, 0.1) is 11.8 Å². The van der Waals surface area contributed by atoms with E-state index in [9.17, 15) is 29.4 Å². The van der Waals surface area contributed by atoms with Crippen molar-refractivity contribution in [1.29, 1.82) is 0 Å². The van der Waals surface area contributed by atoms with E-state index in [1.54, 1.807) is 32.9 Å². The number of aromatic nitrogens is 2. The van der Waals surface area contributed by atoms with Crippen LogP contribution in [0.15, 0.2) is 36.8 Å². The Labute approximate surface area is 221 Å². The number of aliphatic carboxylic acids is 1. The van der Waals surface area contributed by atoms with Gasteiger partial charge in [-0.2, -0.15) is 0 Å². The van der Waals surface area contributed by atoms with Crippen LogP contribution in [0.2, 0.25) is 0 Å². The first-order valence-electron chi connectivity index (χ1n) is 12.6. The van der Waals surface area contributed by atoms with Crippen molar-refractivity contribution in [1.82, 2.24) is 25.9 Å². The van der Waals surface area contributed by atoms with E-state index < -0.39 is 47.9 Å². The van der Waals surface area contributed by atoms with E-state index in [-0.39, 0.29) is 30.4 Å². The molecule has 0 aliphatic carbocycles. The van der Waals surface area contributed by atoms with Crippen molar-refractivity contribution in [2.75, 3.05) is 0 Å². The molecule has 1 heterocycles. The maximum absolute atomic E-state index is 13.4. The van der Waals surface area contributed by atoms with Gasteiger partial charge in [-0.1, -0.05) is 46.2 Å². The van der Waals surface area contributed by atoms with Crippen molar-refractivity contribution in [3.63, 3.8) is 0 Å². The lowest BCUT2D eigenvalue weighted by Gasteiger charge is -2.28. The smallest absolute Gasteiger partial charge is 0.326 e. The zero-order valence-corrected chi connectivity index (χ0v) is 22.1. The minimum Gasteiger partial charge on any atom is -0.508 e. The van der Waals surface area contributed by atoms with Gasteiger partial charge in [0.25, 0.3) is 0 Å². The average Bonchev–Trinajstić information content (AvgIpc) is 3.39. The highest BCUT2D eigenvalue weighted by atomic mass is 16.4. The molecule has 5 atom stereocenters. The van der Waals surface area contributed by atoms with E-state index in [4.69, 9.17) is 5.73 Å². The SMILES string of the molecule is CCC(C)C(NC(=O)C(N)C(C)C)C(=O)NC(Cc1ccc(O)cc1)C(=O)NC(Cc1cnc[nH]1)C(=O)O. The number of amides is 3. The standard InChI is InChI=1S/C26H38N6O6/c1-5-15(4)22(32-24(35)21(27)14(2)3)25(36)30-19(10-16-6-8-18(33)9-7-16)23(34)31-20(26(37)38)11-17-12-28-13-29-17/h6-9,12-15,19-22,33H,5,10-11,27H2,1-4H3,(H,28,29)(H,30,36)(H,31,34)(H,32,35)(H,37,38). The molecule has 1 aromatic carbocycles. The van der Waals surface area contributed by atoms with E-state index >= 15 is 0 Å². The molecule has 0 bridgehead atoms. The molecule has 0 saturated carbocycles. The van der Waals surface area contributed by atoms with Gasteiger partial charge in [0.2, 0.25) is 17.7 Å². The van der Waals surface area contributed by atoms with Crippen molar-refractivity contribution < 1.29 is 29.4 Å². The first-order chi connectivity index (χ1) is 17.9. The quantitative estimate of drug-likeness (QED) is 0.183. The zero-order valence-electron chi connectivity index (χ0n) is 22.1. The van der Waals surface area contributed by atoms with Crippen LogP contribution in [0.4, 0.5) is 0 Å². The van der Waals surface area contributed by atoms with Crippen LogP contribution < -0.4 is 21.7 Å². The molecule has 12 nitrogen and oxygen atoms in total. The van der Waals surface area contributed by atoms with E-state index in [0.717, 1.165) is 0 Å². The van der Waals surface area contributed by atoms with Gasteiger partial charge >= 0.3 is 5.97 Å². The van der Waals surface area contributed by atoms with Gasteiger partial charge < -0.3 is 36.9 Å². The highest BCUT2D eigenvalue weighted by Crippen LogP contribution is 2.14. The molecule has 0 spiro atoms. The molecule has 1 aromatic heterocycles. The van der Waals surface area contributed by atoms with Gasteiger partial charge in [0.15, 0.2) is 0 Å². The number of aromatic hydroxyl groups is 1. The molecule has 38 heavy (non-hydrogen) atoms. The summed E-state index contributed by atoms with van der Waals surface area (Å²) in [7, 11) is 0. The number of imidazole rings is 1. The van der Waals surface area contributed by atoms with Crippen molar-refractivity contribution in [3.8, 4) is 5.75 Å². The number of benzene rings is 1. The molecule has 2 rings (SSSR count). The van der Waals surface area contributed by atoms with E-state index in [0.29, 0.717) is 17.7 Å². The third-order valence-electron chi connectivity index (χ3n) is 6.42. The zero-order chi connectivity index (χ0) is 28.4. The summed E-state index contributed by atoms with van der Waals surface area (Å²) >= 11 is 0. The molecule has 208 valence electrons. The normalized spacial score (nSPS) is 15.1. The molecule has 3 amide bonds. The number of aromatic amines is 1. The lowest BCUT2D eigenvalue weighted by Crippen LogP contribution is -2.59. The molecular formula is C26H38N6O6. The fourth-order valence-corrected chi connectivity index (χ4v) is 3.68. The highest BCUT2D eigenvalue weighted by Gasteiger charge is 2.33. The predicted molar refractivity (Wildman–Crippen MR) is 140 cm³/mol. The molecule has 0 saturated heterocycles. The van der Waals surface area contributed by atoms with Crippen LogP contribution in [-0.4, -0.2) is 68.0 Å². The number of nitrogens with zero attached hydrogens (tertiary/aromatic N) is 1. The number of carbonyl (C=O) groups is 4. The second-order valence-corrected chi connectivity index (χ2v) is 9.75. The number of hydrogen-bond donors (Lipinski definition) is 7. The molecule has 2 aromatic rings. The number of nitrogens with two attached hydrogens (primary N) is 1. The molecule has 8 N–H and O–H groups in total. The van der Waals surface area contributed by atoms with Crippen molar-refractivity contribution in [3.05, 3.63) is 48.0 Å². The third kappa shape index (κ3) is 8.87. The number of hydrogen-bond acceptors (Lipinski definition) is 7. The highest BCUT2D eigenvalue weighted by molar-refractivity contribution is 5.94. The molecule has 0 radical (unpaired) electrons. The summed E-state index contributed by atoms with van der Waals surface area (Å²) < 4.78 is 0. The lowest BCUT2D eigenvalue weighted by molar-refractivity contribution is -0.142. The molecule has 0 aliphatic heterocycles. The van der Waals surface area contributed by atoms with E-state index in [1.165, 1.54) is 24.7 Å².